The van der Waals surface area contributed by atoms with Crippen molar-refractivity contribution in [2.24, 2.45) is 0 Å². The van der Waals surface area contributed by atoms with Gasteiger partial charge in [-0.3, -0.25) is 0 Å². The van der Waals surface area contributed by atoms with Gasteiger partial charge in [0.15, 0.2) is 0 Å². The molecule has 0 fully saturated rings. The second-order valence-corrected chi connectivity index (χ2v) is 3.51. The third kappa shape index (κ3) is 2.95. The van der Waals surface area contributed by atoms with Crippen LogP contribution in [0.25, 0.3) is 0 Å². The first kappa shape index (κ1) is 13.0. The zero-order valence-electron chi connectivity index (χ0n) is 9.03. The van der Waals surface area contributed by atoms with Crippen LogP contribution in [-0.2, 0) is 6.18 Å². The minimum atomic E-state index is -4.44. The molecule has 0 amide bonds. The first-order chi connectivity index (χ1) is 7.36. The van der Waals surface area contributed by atoms with Gasteiger partial charge in [-0.15, -0.1) is 0 Å². The number of halogens is 4. The Labute approximate surface area is 91.5 Å². The third-order valence-corrected chi connectivity index (χ3v) is 2.30. The summed E-state index contributed by atoms with van der Waals surface area (Å²) in [7, 11) is 0. The summed E-state index contributed by atoms with van der Waals surface area (Å²) in [6, 6.07) is 2.01. The van der Waals surface area contributed by atoms with E-state index in [1.54, 1.807) is 6.92 Å². The second-order valence-electron chi connectivity index (χ2n) is 3.51. The van der Waals surface area contributed by atoms with Crippen LogP contribution in [0.4, 0.5) is 17.6 Å². The lowest BCUT2D eigenvalue weighted by atomic mass is 10.0. The Kier molecular flexibility index (Phi) is 3.91. The first-order valence-electron chi connectivity index (χ1n) is 4.96. The minimum Gasteiger partial charge on any atom is -0.310 e. The smallest absolute Gasteiger partial charge is 0.310 e. The molecule has 0 spiro atoms. The summed E-state index contributed by atoms with van der Waals surface area (Å²) >= 11 is 0. The van der Waals surface area contributed by atoms with Gasteiger partial charge in [-0.2, -0.15) is 13.2 Å². The van der Waals surface area contributed by atoms with Crippen LogP contribution in [0.1, 0.15) is 31.0 Å². The maximum absolute atomic E-state index is 13.3. The zero-order valence-corrected chi connectivity index (χ0v) is 9.03. The van der Waals surface area contributed by atoms with E-state index in [1.807, 2.05) is 6.92 Å². The lowest BCUT2D eigenvalue weighted by Gasteiger charge is -2.15. The van der Waals surface area contributed by atoms with E-state index in [-0.39, 0.29) is 5.56 Å². The number of hydrogen-bond donors (Lipinski definition) is 1. The third-order valence-electron chi connectivity index (χ3n) is 2.30. The molecule has 0 aliphatic carbocycles. The Hall–Kier alpha value is -1.10. The van der Waals surface area contributed by atoms with Gasteiger partial charge in [-0.05, 0) is 31.7 Å². The average molecular weight is 235 g/mol. The van der Waals surface area contributed by atoms with Gasteiger partial charge >= 0.3 is 6.18 Å². The summed E-state index contributed by atoms with van der Waals surface area (Å²) in [6.07, 6.45) is -4.44. The van der Waals surface area contributed by atoms with E-state index in [0.29, 0.717) is 6.54 Å². The SMILES string of the molecule is CCNC(C)c1cc(C(F)(F)F)ccc1F. The molecule has 1 rings (SSSR count). The van der Waals surface area contributed by atoms with Crippen molar-refractivity contribution in [3.8, 4) is 0 Å². The van der Waals surface area contributed by atoms with Crippen molar-refractivity contribution in [1.82, 2.24) is 5.32 Å². The molecular formula is C11H13F4N. The van der Waals surface area contributed by atoms with Crippen molar-refractivity contribution in [2.45, 2.75) is 26.1 Å². The van der Waals surface area contributed by atoms with Crippen LogP contribution in [0.15, 0.2) is 18.2 Å². The van der Waals surface area contributed by atoms with Gasteiger partial charge in [0.25, 0.3) is 0 Å². The fraction of sp³-hybridized carbons (Fsp3) is 0.455. The molecule has 0 aromatic heterocycles. The predicted molar refractivity (Wildman–Crippen MR) is 53.5 cm³/mol. The molecule has 5 heteroatoms. The highest BCUT2D eigenvalue weighted by Gasteiger charge is 2.31. The number of rotatable bonds is 3. The van der Waals surface area contributed by atoms with Gasteiger partial charge in [-0.25, -0.2) is 4.39 Å². The van der Waals surface area contributed by atoms with Gasteiger partial charge in [0, 0.05) is 11.6 Å². The summed E-state index contributed by atoms with van der Waals surface area (Å²) in [5.74, 6) is -0.624. The van der Waals surface area contributed by atoms with E-state index < -0.39 is 23.6 Å². The largest absolute Gasteiger partial charge is 0.416 e. The molecule has 0 aliphatic rings. The standard InChI is InChI=1S/C11H13F4N/c1-3-16-7(2)9-6-8(11(13,14)15)4-5-10(9)12/h4-7,16H,3H2,1-2H3. The minimum absolute atomic E-state index is 0.0386. The average Bonchev–Trinajstić information content (AvgIpc) is 2.16. The van der Waals surface area contributed by atoms with Gasteiger partial charge in [0.1, 0.15) is 5.82 Å². The molecule has 1 aromatic carbocycles. The molecule has 1 atom stereocenters. The molecule has 0 saturated heterocycles. The van der Waals surface area contributed by atoms with Crippen LogP contribution in [-0.4, -0.2) is 6.54 Å². The molecule has 1 nitrogen and oxygen atoms in total. The van der Waals surface area contributed by atoms with E-state index >= 15 is 0 Å². The summed E-state index contributed by atoms with van der Waals surface area (Å²) in [6.45, 7) is 4.00. The highest BCUT2D eigenvalue weighted by molar-refractivity contribution is 5.29. The van der Waals surface area contributed by atoms with Crippen molar-refractivity contribution in [3.05, 3.63) is 35.1 Å². The quantitative estimate of drug-likeness (QED) is 0.790. The van der Waals surface area contributed by atoms with Crippen LogP contribution in [0.2, 0.25) is 0 Å². The van der Waals surface area contributed by atoms with Crippen molar-refractivity contribution in [3.63, 3.8) is 0 Å². The molecule has 16 heavy (non-hydrogen) atoms. The molecular weight excluding hydrogens is 222 g/mol. The molecule has 0 saturated carbocycles. The number of benzene rings is 1. The van der Waals surface area contributed by atoms with E-state index in [9.17, 15) is 17.6 Å². The normalized spacial score (nSPS) is 13.9. The maximum Gasteiger partial charge on any atom is 0.416 e. The number of nitrogens with one attached hydrogen (secondary N) is 1. The van der Waals surface area contributed by atoms with Crippen LogP contribution >= 0.6 is 0 Å². The number of hydrogen-bond acceptors (Lipinski definition) is 1. The summed E-state index contributed by atoms with van der Waals surface area (Å²) in [5.41, 5.74) is -0.787. The summed E-state index contributed by atoms with van der Waals surface area (Å²) < 4.78 is 50.5. The topological polar surface area (TPSA) is 12.0 Å². The van der Waals surface area contributed by atoms with Gasteiger partial charge in [0.05, 0.1) is 5.56 Å². The van der Waals surface area contributed by atoms with Crippen molar-refractivity contribution in [2.75, 3.05) is 6.54 Å². The van der Waals surface area contributed by atoms with Gasteiger partial charge in [0.2, 0.25) is 0 Å². The zero-order chi connectivity index (χ0) is 12.3. The fourth-order valence-electron chi connectivity index (χ4n) is 1.47. The van der Waals surface area contributed by atoms with Crippen molar-refractivity contribution >= 4 is 0 Å². The summed E-state index contributed by atoms with van der Waals surface area (Å²) in [4.78, 5) is 0. The Morgan fingerprint density at radius 3 is 2.44 bits per heavy atom. The Morgan fingerprint density at radius 2 is 1.94 bits per heavy atom. The van der Waals surface area contributed by atoms with Crippen LogP contribution in [0.3, 0.4) is 0 Å². The molecule has 1 aromatic rings. The maximum atomic E-state index is 13.3. The molecule has 0 radical (unpaired) electrons. The molecule has 90 valence electrons. The van der Waals surface area contributed by atoms with Crippen LogP contribution in [0.5, 0.6) is 0 Å². The number of alkyl halides is 3. The lowest BCUT2D eigenvalue weighted by Crippen LogP contribution is -2.19. The molecule has 1 unspecified atom stereocenters. The van der Waals surface area contributed by atoms with E-state index in [2.05, 4.69) is 5.32 Å². The molecule has 0 heterocycles. The van der Waals surface area contributed by atoms with Gasteiger partial charge < -0.3 is 5.32 Å². The monoisotopic (exact) mass is 235 g/mol. The fourth-order valence-corrected chi connectivity index (χ4v) is 1.47. The molecule has 0 aliphatic heterocycles. The predicted octanol–water partition coefficient (Wildman–Crippen LogP) is 3.52. The van der Waals surface area contributed by atoms with Gasteiger partial charge in [-0.1, -0.05) is 6.92 Å². The van der Waals surface area contributed by atoms with Crippen LogP contribution < -0.4 is 5.32 Å². The van der Waals surface area contributed by atoms with E-state index in [4.69, 9.17) is 0 Å². The highest BCUT2D eigenvalue weighted by Crippen LogP contribution is 2.31. The summed E-state index contributed by atoms with van der Waals surface area (Å²) in [5, 5.41) is 2.87. The molecule has 0 bridgehead atoms. The van der Waals surface area contributed by atoms with Crippen molar-refractivity contribution in [1.29, 1.82) is 0 Å². The first-order valence-corrected chi connectivity index (χ1v) is 4.96. The van der Waals surface area contributed by atoms with E-state index in [1.165, 1.54) is 0 Å². The Morgan fingerprint density at radius 1 is 1.31 bits per heavy atom. The second kappa shape index (κ2) is 4.82. The Balaban J connectivity index is 3.09. The Bertz CT molecular complexity index is 359. The van der Waals surface area contributed by atoms with Crippen molar-refractivity contribution < 1.29 is 17.6 Å². The molecule has 1 N–H and O–H groups in total. The van der Waals surface area contributed by atoms with E-state index in [0.717, 1.165) is 18.2 Å². The highest BCUT2D eigenvalue weighted by atomic mass is 19.4. The van der Waals surface area contributed by atoms with Crippen LogP contribution in [0, 0.1) is 5.82 Å². The lowest BCUT2D eigenvalue weighted by molar-refractivity contribution is -0.137.